The van der Waals surface area contributed by atoms with Gasteiger partial charge in [-0.1, -0.05) is 41.9 Å². The van der Waals surface area contributed by atoms with Crippen LogP contribution in [0.5, 0.6) is 5.75 Å². The lowest BCUT2D eigenvalue weighted by Gasteiger charge is -2.28. The molecule has 5 nitrogen and oxygen atoms in total. The monoisotopic (exact) mass is 388 g/mol. The van der Waals surface area contributed by atoms with E-state index in [-0.39, 0.29) is 18.2 Å². The molecular weight excluding hydrogens is 364 g/mol. The number of carbonyl (C=O) groups excluding carboxylic acids is 2. The zero-order valence-electron chi connectivity index (χ0n) is 15.9. The van der Waals surface area contributed by atoms with Crippen LogP contribution in [0.2, 0.25) is 5.02 Å². The van der Waals surface area contributed by atoms with Gasteiger partial charge in [0.1, 0.15) is 11.8 Å². The standard InChI is InChI=1S/C21H25ClN2O3/c1-15(21(26)23-2)24(14-16-8-11-18(27-3)12-9-16)20(25)13-10-17-6-4-5-7-19(17)22/h4-9,11-12,15H,10,13-14H2,1-3H3,(H,23,26)/t15-/m1/s1. The molecule has 6 heteroatoms. The van der Waals surface area contributed by atoms with Gasteiger partial charge in [0.25, 0.3) is 0 Å². The molecule has 2 aromatic carbocycles. The number of carbonyl (C=O) groups is 2. The van der Waals surface area contributed by atoms with Gasteiger partial charge >= 0.3 is 0 Å². The highest BCUT2D eigenvalue weighted by molar-refractivity contribution is 6.31. The van der Waals surface area contributed by atoms with Crippen molar-refractivity contribution < 1.29 is 14.3 Å². The summed E-state index contributed by atoms with van der Waals surface area (Å²) >= 11 is 6.18. The lowest BCUT2D eigenvalue weighted by atomic mass is 10.1. The Balaban J connectivity index is 2.13. The van der Waals surface area contributed by atoms with Gasteiger partial charge < -0.3 is 15.0 Å². The number of nitrogens with one attached hydrogen (secondary N) is 1. The molecule has 0 saturated carbocycles. The first-order chi connectivity index (χ1) is 13.0. The summed E-state index contributed by atoms with van der Waals surface area (Å²) in [5.74, 6) is 0.450. The molecule has 2 amide bonds. The van der Waals surface area contributed by atoms with Gasteiger partial charge in [0, 0.05) is 25.0 Å². The summed E-state index contributed by atoms with van der Waals surface area (Å²) < 4.78 is 5.17. The minimum atomic E-state index is -0.573. The zero-order valence-corrected chi connectivity index (χ0v) is 16.6. The van der Waals surface area contributed by atoms with E-state index in [1.807, 2.05) is 48.5 Å². The smallest absolute Gasteiger partial charge is 0.242 e. The van der Waals surface area contributed by atoms with Gasteiger partial charge in [-0.25, -0.2) is 0 Å². The Kier molecular flexibility index (Phi) is 7.67. The van der Waals surface area contributed by atoms with Crippen LogP contribution in [-0.4, -0.2) is 36.9 Å². The van der Waals surface area contributed by atoms with E-state index in [4.69, 9.17) is 16.3 Å². The average molecular weight is 389 g/mol. The quantitative estimate of drug-likeness (QED) is 0.753. The SMILES string of the molecule is CNC(=O)[C@@H](C)N(Cc1ccc(OC)cc1)C(=O)CCc1ccccc1Cl. The molecule has 0 fully saturated rings. The molecule has 2 rings (SSSR count). The predicted molar refractivity (Wildman–Crippen MR) is 107 cm³/mol. The molecule has 0 saturated heterocycles. The number of ether oxygens (including phenoxy) is 1. The average Bonchev–Trinajstić information content (AvgIpc) is 2.70. The normalized spacial score (nSPS) is 11.6. The van der Waals surface area contributed by atoms with Gasteiger partial charge in [0.05, 0.1) is 7.11 Å². The summed E-state index contributed by atoms with van der Waals surface area (Å²) in [7, 11) is 3.17. The van der Waals surface area contributed by atoms with Crippen LogP contribution >= 0.6 is 11.6 Å². The Morgan fingerprint density at radius 1 is 1.15 bits per heavy atom. The predicted octanol–water partition coefficient (Wildman–Crippen LogP) is 3.44. The Morgan fingerprint density at radius 2 is 1.81 bits per heavy atom. The number of benzene rings is 2. The largest absolute Gasteiger partial charge is 0.497 e. The summed E-state index contributed by atoms with van der Waals surface area (Å²) in [6.07, 6.45) is 0.805. The molecular formula is C21H25ClN2O3. The molecule has 0 aliphatic rings. The Labute approximate surface area is 165 Å². The Morgan fingerprint density at radius 3 is 2.41 bits per heavy atom. The van der Waals surface area contributed by atoms with Crippen LogP contribution in [-0.2, 0) is 22.6 Å². The van der Waals surface area contributed by atoms with Crippen LogP contribution in [0, 0.1) is 0 Å². The van der Waals surface area contributed by atoms with Crippen molar-refractivity contribution in [2.75, 3.05) is 14.2 Å². The summed E-state index contributed by atoms with van der Waals surface area (Å²) in [5, 5.41) is 3.26. The van der Waals surface area contributed by atoms with E-state index in [9.17, 15) is 9.59 Å². The molecule has 0 spiro atoms. The molecule has 0 unspecified atom stereocenters. The van der Waals surface area contributed by atoms with E-state index in [1.54, 1.807) is 26.0 Å². The van der Waals surface area contributed by atoms with Gasteiger partial charge in [-0.05, 0) is 42.7 Å². The molecule has 144 valence electrons. The number of amides is 2. The van der Waals surface area contributed by atoms with E-state index in [0.29, 0.717) is 18.0 Å². The fraction of sp³-hybridized carbons (Fsp3) is 0.333. The van der Waals surface area contributed by atoms with Crippen molar-refractivity contribution in [3.8, 4) is 5.75 Å². The number of rotatable bonds is 8. The first-order valence-electron chi connectivity index (χ1n) is 8.83. The van der Waals surface area contributed by atoms with Gasteiger partial charge in [-0.15, -0.1) is 0 Å². The molecule has 2 aromatic rings. The van der Waals surface area contributed by atoms with Gasteiger partial charge in [-0.3, -0.25) is 9.59 Å². The fourth-order valence-electron chi connectivity index (χ4n) is 2.81. The topological polar surface area (TPSA) is 58.6 Å². The lowest BCUT2D eigenvalue weighted by molar-refractivity contribution is -0.140. The molecule has 0 heterocycles. The molecule has 0 aliphatic carbocycles. The number of likely N-dealkylation sites (N-methyl/N-ethyl adjacent to an activating group) is 1. The number of nitrogens with zero attached hydrogens (tertiary/aromatic N) is 1. The highest BCUT2D eigenvalue weighted by Crippen LogP contribution is 2.19. The highest BCUT2D eigenvalue weighted by Gasteiger charge is 2.25. The molecule has 0 bridgehead atoms. The molecule has 0 radical (unpaired) electrons. The van der Waals surface area contributed by atoms with E-state index >= 15 is 0 Å². The van der Waals surface area contributed by atoms with Crippen molar-refractivity contribution in [3.05, 3.63) is 64.7 Å². The van der Waals surface area contributed by atoms with Crippen LogP contribution in [0.4, 0.5) is 0 Å². The van der Waals surface area contributed by atoms with Gasteiger partial charge in [0.2, 0.25) is 11.8 Å². The molecule has 1 N–H and O–H groups in total. The molecule has 27 heavy (non-hydrogen) atoms. The maximum absolute atomic E-state index is 12.9. The van der Waals surface area contributed by atoms with Crippen LogP contribution in [0.15, 0.2) is 48.5 Å². The third-order valence-corrected chi connectivity index (χ3v) is 4.86. The summed E-state index contributed by atoms with van der Waals surface area (Å²) in [6, 6.07) is 14.4. The second-order valence-electron chi connectivity index (χ2n) is 6.25. The molecule has 0 aromatic heterocycles. The van der Waals surface area contributed by atoms with Crippen LogP contribution in [0.1, 0.15) is 24.5 Å². The van der Waals surface area contributed by atoms with Crippen molar-refractivity contribution in [2.24, 2.45) is 0 Å². The molecule has 0 aliphatic heterocycles. The van der Waals surface area contributed by atoms with Crippen molar-refractivity contribution in [2.45, 2.75) is 32.4 Å². The van der Waals surface area contributed by atoms with E-state index in [0.717, 1.165) is 16.9 Å². The van der Waals surface area contributed by atoms with Gasteiger partial charge in [-0.2, -0.15) is 0 Å². The second kappa shape index (κ2) is 9.97. The van der Waals surface area contributed by atoms with Crippen molar-refractivity contribution in [3.63, 3.8) is 0 Å². The van der Waals surface area contributed by atoms with Crippen molar-refractivity contribution in [1.29, 1.82) is 0 Å². The van der Waals surface area contributed by atoms with Gasteiger partial charge in [0.15, 0.2) is 0 Å². The lowest BCUT2D eigenvalue weighted by Crippen LogP contribution is -2.46. The maximum atomic E-state index is 12.9. The minimum Gasteiger partial charge on any atom is -0.497 e. The Hall–Kier alpha value is -2.53. The first-order valence-corrected chi connectivity index (χ1v) is 9.21. The number of hydrogen-bond acceptors (Lipinski definition) is 3. The fourth-order valence-corrected chi connectivity index (χ4v) is 3.04. The highest BCUT2D eigenvalue weighted by atomic mass is 35.5. The third kappa shape index (κ3) is 5.73. The summed E-state index contributed by atoms with van der Waals surface area (Å²) in [6.45, 7) is 2.08. The minimum absolute atomic E-state index is 0.0955. The van der Waals surface area contributed by atoms with Crippen molar-refractivity contribution >= 4 is 23.4 Å². The first kappa shape index (κ1) is 20.8. The van der Waals surface area contributed by atoms with E-state index in [1.165, 1.54) is 0 Å². The summed E-state index contributed by atoms with van der Waals surface area (Å²) in [4.78, 5) is 26.6. The third-order valence-electron chi connectivity index (χ3n) is 4.49. The van der Waals surface area contributed by atoms with E-state index < -0.39 is 6.04 Å². The number of hydrogen-bond donors (Lipinski definition) is 1. The van der Waals surface area contributed by atoms with Crippen LogP contribution in [0.3, 0.4) is 0 Å². The zero-order chi connectivity index (χ0) is 19.8. The number of methoxy groups -OCH3 is 1. The number of halogens is 1. The van der Waals surface area contributed by atoms with Crippen LogP contribution < -0.4 is 10.1 Å². The molecule has 1 atom stereocenters. The maximum Gasteiger partial charge on any atom is 0.242 e. The summed E-state index contributed by atoms with van der Waals surface area (Å²) in [5.41, 5.74) is 1.85. The van der Waals surface area contributed by atoms with Crippen LogP contribution in [0.25, 0.3) is 0 Å². The van der Waals surface area contributed by atoms with E-state index in [2.05, 4.69) is 5.32 Å². The second-order valence-corrected chi connectivity index (χ2v) is 6.66. The van der Waals surface area contributed by atoms with Crippen molar-refractivity contribution in [1.82, 2.24) is 10.2 Å². The number of aryl methyl sites for hydroxylation is 1. The Bertz CT molecular complexity index is 777.